The third-order valence-corrected chi connectivity index (χ3v) is 6.72. The molecule has 1 radical (unpaired) electrons. The predicted molar refractivity (Wildman–Crippen MR) is 65.6 cm³/mol. The lowest BCUT2D eigenvalue weighted by molar-refractivity contribution is 0.240. The summed E-state index contributed by atoms with van der Waals surface area (Å²) in [5.41, 5.74) is 0. The molecule has 1 aliphatic heterocycles. The minimum Gasteiger partial charge on any atom is -0.436 e. The number of unbranched alkanes of at least 4 members (excludes halogenated alkanes) is 1. The quantitative estimate of drug-likeness (QED) is 0.375. The summed E-state index contributed by atoms with van der Waals surface area (Å²) in [6, 6.07) is 0. The predicted octanol–water partition coefficient (Wildman–Crippen LogP) is 2.54. The van der Waals surface area contributed by atoms with E-state index in [1.807, 2.05) is 0 Å². The van der Waals surface area contributed by atoms with Crippen LogP contribution in [0, 0.1) is 0 Å². The Bertz CT molecular complexity index is 182. The van der Waals surface area contributed by atoms with Gasteiger partial charge < -0.3 is 13.3 Å². The Morgan fingerprint density at radius 1 is 1.33 bits per heavy atom. The summed E-state index contributed by atoms with van der Waals surface area (Å²) in [5, 5.41) is 0. The van der Waals surface area contributed by atoms with E-state index in [0.29, 0.717) is 6.10 Å². The Kier molecular flexibility index (Phi) is 5.48. The molecule has 0 aliphatic carbocycles. The van der Waals surface area contributed by atoms with Crippen LogP contribution in [-0.2, 0) is 13.3 Å². The molecule has 5 heteroatoms. The first-order valence-corrected chi connectivity index (χ1v) is 11.0. The van der Waals surface area contributed by atoms with Gasteiger partial charge in [0.2, 0.25) is 0 Å². The third-order valence-electron chi connectivity index (χ3n) is 2.22. The van der Waals surface area contributed by atoms with Crippen molar-refractivity contribution in [1.29, 1.82) is 0 Å². The molecule has 89 valence electrons. The van der Waals surface area contributed by atoms with Gasteiger partial charge >= 0.3 is 8.56 Å². The Balaban J connectivity index is 1.96. The minimum absolute atomic E-state index is 0.563. The molecule has 15 heavy (non-hydrogen) atoms. The van der Waals surface area contributed by atoms with Crippen molar-refractivity contribution >= 4 is 17.6 Å². The van der Waals surface area contributed by atoms with Crippen LogP contribution in [0.3, 0.4) is 0 Å². The van der Waals surface area contributed by atoms with Crippen LogP contribution >= 0.6 is 0 Å². The maximum atomic E-state index is 5.87. The maximum Gasteiger partial charge on any atom is 0.321 e. The van der Waals surface area contributed by atoms with Gasteiger partial charge in [0.1, 0.15) is 0 Å². The van der Waals surface area contributed by atoms with E-state index in [1.54, 1.807) is 0 Å². The van der Waals surface area contributed by atoms with Crippen molar-refractivity contribution in [3.05, 3.63) is 0 Å². The normalized spacial score (nSPS) is 21.0. The lowest BCUT2D eigenvalue weighted by atomic mass is 10.2. The highest BCUT2D eigenvalue weighted by Crippen LogP contribution is 2.17. The lowest BCUT2D eigenvalue weighted by Crippen LogP contribution is -2.39. The molecule has 0 aromatic heterocycles. The van der Waals surface area contributed by atoms with Crippen molar-refractivity contribution in [3.8, 4) is 0 Å². The molecule has 0 aromatic carbocycles. The molecule has 0 amide bonds. The van der Waals surface area contributed by atoms with Crippen molar-refractivity contribution in [2.45, 2.75) is 51.6 Å². The first kappa shape index (κ1) is 13.4. The third kappa shape index (κ3) is 7.24. The molecule has 0 bridgehead atoms. The molecule has 0 N–H and O–H groups in total. The zero-order valence-electron chi connectivity index (χ0n) is 10.3. The summed E-state index contributed by atoms with van der Waals surface area (Å²) in [5.74, 6) is 0. The monoisotopic (exact) mass is 247 g/mol. The van der Waals surface area contributed by atoms with Crippen molar-refractivity contribution in [1.82, 2.24) is 0 Å². The Labute approximate surface area is 96.1 Å². The fourth-order valence-corrected chi connectivity index (χ4v) is 6.35. The standard InChI is InChI=1S/C10H23O3Si2/c1-14(2)13-15(3,4)12-8-6-5-7-10-9-11-10/h10H,5-9H2,1-4H3. The van der Waals surface area contributed by atoms with Crippen molar-refractivity contribution in [2.75, 3.05) is 13.2 Å². The lowest BCUT2D eigenvalue weighted by Gasteiger charge is -2.24. The molecule has 1 rings (SSSR count). The van der Waals surface area contributed by atoms with Crippen LogP contribution in [-0.4, -0.2) is 36.9 Å². The average Bonchev–Trinajstić information content (AvgIpc) is 2.84. The number of rotatable bonds is 8. The van der Waals surface area contributed by atoms with Crippen LogP contribution in [0.4, 0.5) is 0 Å². The molecule has 0 saturated carbocycles. The van der Waals surface area contributed by atoms with Gasteiger partial charge in [0.15, 0.2) is 9.04 Å². The number of hydrogen-bond donors (Lipinski definition) is 0. The van der Waals surface area contributed by atoms with Gasteiger partial charge in [-0.25, -0.2) is 0 Å². The van der Waals surface area contributed by atoms with Crippen molar-refractivity contribution in [3.63, 3.8) is 0 Å². The van der Waals surface area contributed by atoms with Crippen LogP contribution in [0.5, 0.6) is 0 Å². The highest BCUT2D eigenvalue weighted by molar-refractivity contribution is 6.72. The highest BCUT2D eigenvalue weighted by Gasteiger charge is 2.26. The van der Waals surface area contributed by atoms with Gasteiger partial charge in [-0.2, -0.15) is 0 Å². The molecule has 1 atom stereocenters. The second-order valence-electron chi connectivity index (χ2n) is 4.71. The van der Waals surface area contributed by atoms with Gasteiger partial charge in [0, 0.05) is 6.61 Å². The molecule has 1 unspecified atom stereocenters. The highest BCUT2D eigenvalue weighted by atomic mass is 28.4. The summed E-state index contributed by atoms with van der Waals surface area (Å²) >= 11 is 0. The van der Waals surface area contributed by atoms with Gasteiger partial charge in [-0.1, -0.05) is 0 Å². The molecule has 0 spiro atoms. The van der Waals surface area contributed by atoms with E-state index in [1.165, 1.54) is 12.8 Å². The summed E-state index contributed by atoms with van der Waals surface area (Å²) in [4.78, 5) is 0. The molecule has 3 nitrogen and oxygen atoms in total. The topological polar surface area (TPSA) is 31.0 Å². The first-order valence-electron chi connectivity index (χ1n) is 5.74. The summed E-state index contributed by atoms with van der Waals surface area (Å²) in [7, 11) is -2.43. The van der Waals surface area contributed by atoms with E-state index < -0.39 is 17.6 Å². The average molecular weight is 247 g/mol. The largest absolute Gasteiger partial charge is 0.436 e. The van der Waals surface area contributed by atoms with Crippen molar-refractivity contribution < 1.29 is 13.3 Å². The van der Waals surface area contributed by atoms with Crippen LogP contribution in [0.15, 0.2) is 0 Å². The van der Waals surface area contributed by atoms with E-state index >= 15 is 0 Å². The summed E-state index contributed by atoms with van der Waals surface area (Å²) < 4.78 is 16.9. The Morgan fingerprint density at radius 2 is 2.00 bits per heavy atom. The fourth-order valence-electron chi connectivity index (χ4n) is 1.55. The molecule has 1 aliphatic rings. The number of epoxide rings is 1. The SMILES string of the molecule is C[Si](C)O[Si](C)(C)OCCCCC1CO1. The van der Waals surface area contributed by atoms with Gasteiger partial charge in [-0.15, -0.1) is 0 Å². The summed E-state index contributed by atoms with van der Waals surface area (Å²) in [6.07, 6.45) is 4.11. The van der Waals surface area contributed by atoms with E-state index in [4.69, 9.17) is 13.3 Å². The second-order valence-corrected chi connectivity index (χ2v) is 10.4. The summed E-state index contributed by atoms with van der Waals surface area (Å²) in [6.45, 7) is 10.4. The van der Waals surface area contributed by atoms with Gasteiger partial charge in [-0.3, -0.25) is 0 Å². The van der Waals surface area contributed by atoms with Crippen LogP contribution in [0.2, 0.25) is 26.2 Å². The number of hydrogen-bond acceptors (Lipinski definition) is 3. The van der Waals surface area contributed by atoms with Crippen molar-refractivity contribution in [2.24, 2.45) is 0 Å². The van der Waals surface area contributed by atoms with E-state index in [9.17, 15) is 0 Å². The molecule has 1 fully saturated rings. The van der Waals surface area contributed by atoms with Crippen LogP contribution in [0.25, 0.3) is 0 Å². The minimum atomic E-state index is -1.81. The van der Waals surface area contributed by atoms with E-state index in [0.717, 1.165) is 19.6 Å². The maximum absolute atomic E-state index is 5.87. The molecular formula is C10H23O3Si2. The molecule has 1 heterocycles. The van der Waals surface area contributed by atoms with E-state index in [-0.39, 0.29) is 0 Å². The Hall–Kier alpha value is 0.314. The van der Waals surface area contributed by atoms with E-state index in [2.05, 4.69) is 26.2 Å². The van der Waals surface area contributed by atoms with Gasteiger partial charge in [0.25, 0.3) is 0 Å². The fraction of sp³-hybridized carbons (Fsp3) is 1.00. The molecule has 1 saturated heterocycles. The zero-order chi connectivity index (χ0) is 11.3. The smallest absolute Gasteiger partial charge is 0.321 e. The molecular weight excluding hydrogens is 224 g/mol. The van der Waals surface area contributed by atoms with Crippen LogP contribution < -0.4 is 0 Å². The second kappa shape index (κ2) is 6.15. The molecule has 0 aromatic rings. The zero-order valence-corrected chi connectivity index (χ0v) is 12.3. The van der Waals surface area contributed by atoms with Gasteiger partial charge in [0.05, 0.1) is 12.7 Å². The number of ether oxygens (including phenoxy) is 1. The van der Waals surface area contributed by atoms with Gasteiger partial charge in [-0.05, 0) is 45.5 Å². The van der Waals surface area contributed by atoms with Crippen LogP contribution in [0.1, 0.15) is 19.3 Å². The first-order chi connectivity index (χ1) is 6.99. The Morgan fingerprint density at radius 3 is 2.53 bits per heavy atom.